The van der Waals surface area contributed by atoms with Gasteiger partial charge in [0.1, 0.15) is 0 Å². The molecule has 3 N–H and O–H groups in total. The number of aromatic nitrogens is 1. The highest BCUT2D eigenvalue weighted by Crippen LogP contribution is 2.36. The van der Waals surface area contributed by atoms with E-state index < -0.39 is 12.5 Å². The van der Waals surface area contributed by atoms with Gasteiger partial charge >= 0.3 is 6.61 Å². The van der Waals surface area contributed by atoms with Crippen molar-refractivity contribution in [1.29, 1.82) is 0 Å². The van der Waals surface area contributed by atoms with Crippen molar-refractivity contribution in [2.45, 2.75) is 52.8 Å². The van der Waals surface area contributed by atoms with E-state index in [0.717, 1.165) is 12.8 Å². The van der Waals surface area contributed by atoms with E-state index in [2.05, 4.69) is 15.0 Å². The highest BCUT2D eigenvalue weighted by molar-refractivity contribution is 5.96. The van der Waals surface area contributed by atoms with Crippen molar-refractivity contribution >= 4 is 11.8 Å². The third kappa shape index (κ3) is 6.22. The van der Waals surface area contributed by atoms with Crippen LogP contribution in [0.3, 0.4) is 0 Å². The maximum absolute atomic E-state index is 13.0. The molecule has 2 heterocycles. The predicted octanol–water partition coefficient (Wildman–Crippen LogP) is 3.18. The second-order valence-electron chi connectivity index (χ2n) is 7.94. The molecule has 1 aromatic carbocycles. The normalized spacial score (nSPS) is 17.7. The van der Waals surface area contributed by atoms with Crippen LogP contribution in [-0.4, -0.2) is 54.0 Å². The van der Waals surface area contributed by atoms with E-state index in [0.29, 0.717) is 24.6 Å². The van der Waals surface area contributed by atoms with Crippen LogP contribution >= 0.6 is 0 Å². The van der Waals surface area contributed by atoms with Gasteiger partial charge in [-0.3, -0.25) is 9.59 Å². The van der Waals surface area contributed by atoms with Crippen LogP contribution in [-0.2, 0) is 11.3 Å². The quantitative estimate of drug-likeness (QED) is 0.595. The number of carbonyl (C=O) groups is 2. The second kappa shape index (κ2) is 11.3. The third-order valence-electron chi connectivity index (χ3n) is 5.19. The monoisotopic (exact) mass is 480 g/mol. The Morgan fingerprint density at radius 2 is 2.06 bits per heavy atom. The van der Waals surface area contributed by atoms with Crippen LogP contribution in [0.15, 0.2) is 22.6 Å². The molecule has 11 heteroatoms. The van der Waals surface area contributed by atoms with Crippen molar-refractivity contribution in [3.63, 3.8) is 0 Å². The number of halogens is 2. The van der Waals surface area contributed by atoms with Crippen molar-refractivity contribution in [2.75, 3.05) is 19.7 Å². The van der Waals surface area contributed by atoms with Gasteiger partial charge in [0.2, 0.25) is 11.8 Å². The molecule has 0 bridgehead atoms. The number of hydrogen-bond acceptors (Lipinski definition) is 7. The van der Waals surface area contributed by atoms with Crippen molar-refractivity contribution in [3.8, 4) is 23.0 Å². The molecule has 0 radical (unpaired) electrons. The van der Waals surface area contributed by atoms with Gasteiger partial charge in [-0.15, -0.1) is 0 Å². The van der Waals surface area contributed by atoms with E-state index in [1.54, 1.807) is 6.92 Å². The molecule has 2 fully saturated rings. The van der Waals surface area contributed by atoms with E-state index in [-0.39, 0.29) is 53.9 Å². The van der Waals surface area contributed by atoms with Crippen molar-refractivity contribution < 1.29 is 32.3 Å². The predicted molar refractivity (Wildman–Crippen MR) is 120 cm³/mol. The third-order valence-corrected chi connectivity index (χ3v) is 5.19. The van der Waals surface area contributed by atoms with Gasteiger partial charge in [0.25, 0.3) is 5.91 Å². The molecule has 1 saturated carbocycles. The van der Waals surface area contributed by atoms with Gasteiger partial charge in [0, 0.05) is 18.2 Å². The Labute approximate surface area is 196 Å². The number of ether oxygens (including phenoxy) is 2. The Morgan fingerprint density at radius 3 is 2.68 bits per heavy atom. The zero-order valence-corrected chi connectivity index (χ0v) is 19.5. The Kier molecular flexibility index (Phi) is 8.43. The van der Waals surface area contributed by atoms with Gasteiger partial charge < -0.3 is 29.8 Å². The maximum Gasteiger partial charge on any atom is 0.387 e. The van der Waals surface area contributed by atoms with Crippen LogP contribution in [0.1, 0.15) is 49.9 Å². The number of rotatable bonds is 8. The van der Waals surface area contributed by atoms with Gasteiger partial charge in [0.05, 0.1) is 19.7 Å². The first-order chi connectivity index (χ1) is 16.3. The number of nitrogens with one attached hydrogen (secondary N) is 1. The first kappa shape index (κ1) is 25.4. The number of carbonyl (C=O) groups excluding carboxylic acids is 2. The van der Waals surface area contributed by atoms with Crippen molar-refractivity contribution in [2.24, 2.45) is 11.7 Å². The Morgan fingerprint density at radius 1 is 1.32 bits per heavy atom. The van der Waals surface area contributed by atoms with E-state index in [1.807, 2.05) is 13.8 Å². The second-order valence-corrected chi connectivity index (χ2v) is 7.94. The van der Waals surface area contributed by atoms with Gasteiger partial charge in [-0.1, -0.05) is 13.8 Å². The molecule has 2 aliphatic rings. The average molecular weight is 481 g/mol. The number of nitrogens with two attached hydrogens (primary N) is 1. The first-order valence-corrected chi connectivity index (χ1v) is 11.3. The molecule has 2 aromatic rings. The highest BCUT2D eigenvalue weighted by atomic mass is 19.3. The van der Waals surface area contributed by atoms with Crippen LogP contribution in [0.4, 0.5) is 8.78 Å². The van der Waals surface area contributed by atoms with Gasteiger partial charge in [-0.2, -0.15) is 8.78 Å². The summed E-state index contributed by atoms with van der Waals surface area (Å²) < 4.78 is 41.5. The topological polar surface area (TPSA) is 120 Å². The largest absolute Gasteiger partial charge is 0.489 e. The molecular formula is C23H30F2N4O5. The molecule has 0 spiro atoms. The van der Waals surface area contributed by atoms with Crippen LogP contribution in [0, 0.1) is 5.92 Å². The summed E-state index contributed by atoms with van der Waals surface area (Å²) in [7, 11) is 0. The minimum Gasteiger partial charge on any atom is -0.489 e. The molecule has 34 heavy (non-hydrogen) atoms. The summed E-state index contributed by atoms with van der Waals surface area (Å²) in [6.45, 7) is 3.34. The first-order valence-electron chi connectivity index (χ1n) is 11.3. The number of amides is 2. The Bertz CT molecular complexity index is 1010. The molecule has 1 saturated heterocycles. The highest BCUT2D eigenvalue weighted by Gasteiger charge is 2.31. The van der Waals surface area contributed by atoms with E-state index in [1.165, 1.54) is 23.1 Å². The number of piperazine rings is 1. The van der Waals surface area contributed by atoms with Crippen LogP contribution in [0.2, 0.25) is 0 Å². The molecule has 1 aliphatic heterocycles. The lowest BCUT2D eigenvalue weighted by Gasteiger charge is -2.30. The molecular weight excluding hydrogens is 450 g/mol. The van der Waals surface area contributed by atoms with Crippen LogP contribution in [0.25, 0.3) is 11.5 Å². The molecule has 186 valence electrons. The summed E-state index contributed by atoms with van der Waals surface area (Å²) in [5.41, 5.74) is 6.17. The van der Waals surface area contributed by atoms with E-state index >= 15 is 0 Å². The van der Waals surface area contributed by atoms with Crippen molar-refractivity contribution in [3.05, 3.63) is 29.7 Å². The summed E-state index contributed by atoms with van der Waals surface area (Å²) in [6, 6.07) is 4.12. The fourth-order valence-corrected chi connectivity index (χ4v) is 3.46. The maximum atomic E-state index is 13.0. The zero-order valence-electron chi connectivity index (χ0n) is 19.5. The Hall–Kier alpha value is -3.21. The van der Waals surface area contributed by atoms with Crippen molar-refractivity contribution in [1.82, 2.24) is 15.2 Å². The van der Waals surface area contributed by atoms with Crippen LogP contribution in [0.5, 0.6) is 11.5 Å². The smallest absolute Gasteiger partial charge is 0.387 e. The van der Waals surface area contributed by atoms with Gasteiger partial charge in [-0.25, -0.2) is 4.98 Å². The molecule has 1 aromatic heterocycles. The fourth-order valence-electron chi connectivity index (χ4n) is 3.46. The average Bonchev–Trinajstić information content (AvgIpc) is 3.54. The summed E-state index contributed by atoms with van der Waals surface area (Å²) in [5, 5.41) is 2.74. The number of nitrogens with zero attached hydrogens (tertiary/aromatic N) is 2. The fraction of sp³-hybridized carbons (Fsp3) is 0.522. The number of oxazole rings is 1. The minimum absolute atomic E-state index is 0.0118. The molecule has 9 nitrogen and oxygen atoms in total. The summed E-state index contributed by atoms with van der Waals surface area (Å²) in [5.74, 6) is -0.0411. The van der Waals surface area contributed by atoms with Gasteiger partial charge in [0.15, 0.2) is 23.0 Å². The summed E-state index contributed by atoms with van der Waals surface area (Å²) in [6.07, 6.45) is 2.06. The molecule has 1 aliphatic carbocycles. The number of alkyl halides is 2. The zero-order chi connectivity index (χ0) is 24.8. The number of benzene rings is 1. The Balaban J connectivity index is 0.00000158. The molecule has 1 atom stereocenters. The summed E-state index contributed by atoms with van der Waals surface area (Å²) in [4.78, 5) is 30.5. The lowest BCUT2D eigenvalue weighted by Crippen LogP contribution is -2.54. The molecule has 2 amide bonds. The van der Waals surface area contributed by atoms with E-state index in [9.17, 15) is 18.4 Å². The standard InChI is InChI=1S/C21H24F2N4O5.C2H6/c1-11-8-27(9-17(28)25-11)20(29)18-16(7-24)31-19(26-18)13-4-5-14(32-21(22)23)15(6-13)30-10-12-2-3-12;1-2/h4-6,11-12,21H,2-3,7-10,24H2,1H3,(H,25,28);1-2H3. The lowest BCUT2D eigenvalue weighted by atomic mass is 10.2. The minimum atomic E-state index is -3.00. The van der Waals surface area contributed by atoms with E-state index in [4.69, 9.17) is 14.9 Å². The van der Waals surface area contributed by atoms with Gasteiger partial charge in [-0.05, 0) is 43.9 Å². The number of hydrogen-bond donors (Lipinski definition) is 2. The summed E-state index contributed by atoms with van der Waals surface area (Å²) >= 11 is 0. The van der Waals surface area contributed by atoms with Crippen LogP contribution < -0.4 is 20.5 Å². The molecule has 1 unspecified atom stereocenters. The molecule has 4 rings (SSSR count). The SMILES string of the molecule is CC.CC1CN(C(=O)c2nc(-c3ccc(OC(F)F)c(OCC4CC4)c3)oc2CN)CC(=O)N1. The lowest BCUT2D eigenvalue weighted by molar-refractivity contribution is -0.124.